The highest BCUT2D eigenvalue weighted by molar-refractivity contribution is 7.89. The standard InChI is InChI=1S/C15H18F3N3O2S/c16-15(17,18)13-5-4-12(8-11(13)9-19)24(22,23)21-10-14(20)6-2-1-3-7-14/h4-5,8,21H,1-3,6-7,10,20H2. The fourth-order valence-corrected chi connectivity index (χ4v) is 3.95. The van der Waals surface area contributed by atoms with E-state index in [9.17, 15) is 21.6 Å². The quantitative estimate of drug-likeness (QED) is 0.861. The molecule has 0 atom stereocenters. The summed E-state index contributed by atoms with van der Waals surface area (Å²) in [5, 5.41) is 8.86. The van der Waals surface area contributed by atoms with Crippen molar-refractivity contribution in [3.8, 4) is 6.07 Å². The van der Waals surface area contributed by atoms with Gasteiger partial charge in [-0.2, -0.15) is 18.4 Å². The van der Waals surface area contributed by atoms with Crippen LogP contribution in [0.5, 0.6) is 0 Å². The van der Waals surface area contributed by atoms with Gasteiger partial charge in [0.15, 0.2) is 0 Å². The first-order valence-electron chi connectivity index (χ1n) is 7.47. The second kappa shape index (κ2) is 6.70. The maximum absolute atomic E-state index is 12.8. The Hall–Kier alpha value is -1.63. The summed E-state index contributed by atoms with van der Waals surface area (Å²) in [6, 6.07) is 3.57. The molecule has 132 valence electrons. The molecule has 0 aliphatic heterocycles. The summed E-state index contributed by atoms with van der Waals surface area (Å²) in [7, 11) is -4.04. The summed E-state index contributed by atoms with van der Waals surface area (Å²) in [5.74, 6) is 0. The first-order valence-corrected chi connectivity index (χ1v) is 8.96. The molecule has 1 aliphatic rings. The minimum absolute atomic E-state index is 0.0121. The molecule has 0 saturated heterocycles. The fraction of sp³-hybridized carbons (Fsp3) is 0.533. The number of nitrogens with zero attached hydrogens (tertiary/aromatic N) is 1. The molecule has 1 aromatic rings. The minimum Gasteiger partial charge on any atom is -0.324 e. The van der Waals surface area contributed by atoms with Gasteiger partial charge < -0.3 is 5.73 Å². The Labute approximate surface area is 138 Å². The Kier molecular flexibility index (Phi) is 5.22. The second-order valence-electron chi connectivity index (χ2n) is 6.06. The lowest BCUT2D eigenvalue weighted by Crippen LogP contribution is -2.51. The van der Waals surface area contributed by atoms with Crippen LogP contribution in [-0.2, 0) is 16.2 Å². The van der Waals surface area contributed by atoms with Crippen LogP contribution < -0.4 is 10.5 Å². The van der Waals surface area contributed by atoms with Gasteiger partial charge in [0.1, 0.15) is 0 Å². The zero-order valence-electron chi connectivity index (χ0n) is 12.9. The van der Waals surface area contributed by atoms with Gasteiger partial charge in [-0.1, -0.05) is 19.3 Å². The number of nitrogens with one attached hydrogen (secondary N) is 1. The van der Waals surface area contributed by atoms with Gasteiger partial charge in [0.2, 0.25) is 10.0 Å². The van der Waals surface area contributed by atoms with E-state index in [0.717, 1.165) is 31.4 Å². The summed E-state index contributed by atoms with van der Waals surface area (Å²) in [4.78, 5) is -0.383. The number of hydrogen-bond acceptors (Lipinski definition) is 4. The summed E-state index contributed by atoms with van der Waals surface area (Å²) in [6.45, 7) is 0.0121. The van der Waals surface area contributed by atoms with Crippen molar-refractivity contribution < 1.29 is 21.6 Å². The molecule has 0 aromatic heterocycles. The van der Waals surface area contributed by atoms with E-state index < -0.39 is 32.9 Å². The lowest BCUT2D eigenvalue weighted by Gasteiger charge is -2.33. The number of alkyl halides is 3. The highest BCUT2D eigenvalue weighted by atomic mass is 32.2. The Morgan fingerprint density at radius 2 is 1.88 bits per heavy atom. The molecule has 0 bridgehead atoms. The van der Waals surface area contributed by atoms with Crippen LogP contribution in [0.1, 0.15) is 43.2 Å². The topological polar surface area (TPSA) is 96.0 Å². The molecule has 24 heavy (non-hydrogen) atoms. The van der Waals surface area contributed by atoms with E-state index in [4.69, 9.17) is 11.0 Å². The third-order valence-corrected chi connectivity index (χ3v) is 5.59. The van der Waals surface area contributed by atoms with Crippen molar-refractivity contribution in [3.63, 3.8) is 0 Å². The number of rotatable bonds is 4. The van der Waals surface area contributed by atoms with Gasteiger partial charge >= 0.3 is 6.18 Å². The molecule has 9 heteroatoms. The second-order valence-corrected chi connectivity index (χ2v) is 7.83. The monoisotopic (exact) mass is 361 g/mol. The molecule has 1 aromatic carbocycles. The zero-order chi connectivity index (χ0) is 18.0. The summed E-state index contributed by atoms with van der Waals surface area (Å²) in [5.41, 5.74) is 3.62. The highest BCUT2D eigenvalue weighted by Gasteiger charge is 2.35. The minimum atomic E-state index is -4.72. The maximum Gasteiger partial charge on any atom is 0.417 e. The third-order valence-electron chi connectivity index (χ3n) is 4.19. The molecule has 3 N–H and O–H groups in total. The Morgan fingerprint density at radius 1 is 1.25 bits per heavy atom. The van der Waals surface area contributed by atoms with Gasteiger partial charge in [-0.25, -0.2) is 13.1 Å². The molecule has 2 rings (SSSR count). The Morgan fingerprint density at radius 3 is 2.42 bits per heavy atom. The van der Waals surface area contributed by atoms with Gasteiger partial charge in [-0.15, -0.1) is 0 Å². The summed E-state index contributed by atoms with van der Waals surface area (Å²) < 4.78 is 65.2. The number of halogens is 3. The van der Waals surface area contributed by atoms with Gasteiger partial charge in [-0.05, 0) is 31.0 Å². The van der Waals surface area contributed by atoms with Gasteiger partial charge in [0, 0.05) is 12.1 Å². The molecular formula is C15H18F3N3O2S. The molecule has 1 aliphatic carbocycles. The van der Waals surface area contributed by atoms with Crippen LogP contribution >= 0.6 is 0 Å². The van der Waals surface area contributed by atoms with Crippen LogP contribution in [0.3, 0.4) is 0 Å². The van der Waals surface area contributed by atoms with Gasteiger partial charge in [0.05, 0.1) is 22.1 Å². The molecule has 0 amide bonds. The number of nitriles is 1. The van der Waals surface area contributed by atoms with Crippen molar-refractivity contribution >= 4 is 10.0 Å². The SMILES string of the molecule is N#Cc1cc(S(=O)(=O)NCC2(N)CCCCC2)ccc1C(F)(F)F. The Bertz CT molecular complexity index is 748. The molecule has 1 fully saturated rings. The smallest absolute Gasteiger partial charge is 0.324 e. The van der Waals surface area contributed by atoms with E-state index in [1.165, 1.54) is 6.07 Å². The fourth-order valence-electron chi connectivity index (χ4n) is 2.78. The summed E-state index contributed by atoms with van der Waals surface area (Å²) in [6.07, 6.45) is -0.466. The van der Waals surface area contributed by atoms with E-state index in [1.807, 2.05) is 0 Å². The molecular weight excluding hydrogens is 343 g/mol. The van der Waals surface area contributed by atoms with Crippen LogP contribution in [-0.4, -0.2) is 20.5 Å². The van der Waals surface area contributed by atoms with Crippen molar-refractivity contribution in [3.05, 3.63) is 29.3 Å². The van der Waals surface area contributed by atoms with Crippen molar-refractivity contribution in [2.24, 2.45) is 5.73 Å². The number of hydrogen-bond donors (Lipinski definition) is 2. The normalized spacial score (nSPS) is 18.1. The molecule has 0 spiro atoms. The van der Waals surface area contributed by atoms with E-state index in [0.29, 0.717) is 18.9 Å². The van der Waals surface area contributed by atoms with Crippen LogP contribution in [0.4, 0.5) is 13.2 Å². The van der Waals surface area contributed by atoms with E-state index in [2.05, 4.69) is 4.72 Å². The van der Waals surface area contributed by atoms with Crippen LogP contribution in [0.25, 0.3) is 0 Å². The third kappa shape index (κ3) is 4.26. The lowest BCUT2D eigenvalue weighted by atomic mass is 9.83. The van der Waals surface area contributed by atoms with Crippen LogP contribution in [0.15, 0.2) is 23.1 Å². The summed E-state index contributed by atoms with van der Waals surface area (Å²) >= 11 is 0. The lowest BCUT2D eigenvalue weighted by molar-refractivity contribution is -0.137. The Balaban J connectivity index is 2.22. The van der Waals surface area contributed by atoms with E-state index >= 15 is 0 Å². The average molecular weight is 361 g/mol. The number of benzene rings is 1. The molecule has 0 radical (unpaired) electrons. The van der Waals surface area contributed by atoms with Crippen molar-refractivity contribution in [1.82, 2.24) is 4.72 Å². The van der Waals surface area contributed by atoms with Crippen LogP contribution in [0.2, 0.25) is 0 Å². The largest absolute Gasteiger partial charge is 0.417 e. The first-order chi connectivity index (χ1) is 11.1. The maximum atomic E-state index is 12.8. The molecule has 5 nitrogen and oxygen atoms in total. The van der Waals surface area contributed by atoms with E-state index in [-0.39, 0.29) is 11.4 Å². The van der Waals surface area contributed by atoms with E-state index in [1.54, 1.807) is 0 Å². The van der Waals surface area contributed by atoms with Gasteiger partial charge in [0.25, 0.3) is 0 Å². The van der Waals surface area contributed by atoms with Crippen molar-refractivity contribution in [1.29, 1.82) is 5.26 Å². The highest BCUT2D eigenvalue weighted by Crippen LogP contribution is 2.33. The van der Waals surface area contributed by atoms with Crippen molar-refractivity contribution in [2.75, 3.05) is 6.54 Å². The number of sulfonamides is 1. The molecule has 0 heterocycles. The first kappa shape index (κ1) is 18.7. The van der Waals surface area contributed by atoms with Crippen molar-refractivity contribution in [2.45, 2.75) is 48.7 Å². The zero-order valence-corrected chi connectivity index (χ0v) is 13.7. The molecule has 0 unspecified atom stereocenters. The van der Waals surface area contributed by atoms with Crippen LogP contribution in [0, 0.1) is 11.3 Å². The molecule has 1 saturated carbocycles. The number of nitrogens with two attached hydrogens (primary N) is 1. The van der Waals surface area contributed by atoms with Gasteiger partial charge in [-0.3, -0.25) is 0 Å². The average Bonchev–Trinajstić information content (AvgIpc) is 2.52. The predicted octanol–water partition coefficient (Wildman–Crippen LogP) is 2.52. The predicted molar refractivity (Wildman–Crippen MR) is 81.4 cm³/mol.